The molecule has 4 rings (SSSR count). The highest BCUT2D eigenvalue weighted by molar-refractivity contribution is 7.17. The number of likely N-dealkylation sites (tertiary alicyclic amines) is 1. The van der Waals surface area contributed by atoms with Crippen LogP contribution in [0.25, 0.3) is 10.1 Å². The van der Waals surface area contributed by atoms with E-state index in [1.165, 1.54) is 25.4 Å². The number of thiophene rings is 2. The molecule has 2 aromatic heterocycles. The Morgan fingerprint density at radius 1 is 1.28 bits per heavy atom. The Hall–Kier alpha value is -1.69. The number of nitrogens with zero attached hydrogens (tertiary/aromatic N) is 1. The van der Waals surface area contributed by atoms with Gasteiger partial charge in [-0.15, -0.1) is 22.7 Å². The van der Waals surface area contributed by atoms with Crippen LogP contribution in [0.4, 0.5) is 0 Å². The van der Waals surface area contributed by atoms with Gasteiger partial charge in [0.1, 0.15) is 0 Å². The fourth-order valence-corrected chi connectivity index (χ4v) is 5.79. The Kier molecular flexibility index (Phi) is 4.63. The van der Waals surface area contributed by atoms with Gasteiger partial charge in [-0.25, -0.2) is 0 Å². The zero-order valence-electron chi connectivity index (χ0n) is 14.1. The van der Waals surface area contributed by atoms with Gasteiger partial charge in [0.15, 0.2) is 0 Å². The molecular formula is C20H21NO2S2. The van der Waals surface area contributed by atoms with Crippen molar-refractivity contribution < 1.29 is 9.90 Å². The summed E-state index contributed by atoms with van der Waals surface area (Å²) in [5.41, 5.74) is 1.31. The zero-order valence-corrected chi connectivity index (χ0v) is 15.8. The van der Waals surface area contributed by atoms with Crippen LogP contribution in [-0.4, -0.2) is 29.1 Å². The molecule has 2 atom stereocenters. The van der Waals surface area contributed by atoms with Gasteiger partial charge in [-0.1, -0.05) is 18.2 Å². The minimum Gasteiger partial charge on any atom is -0.481 e. The summed E-state index contributed by atoms with van der Waals surface area (Å²) in [6.07, 6.45) is 1.73. The monoisotopic (exact) mass is 371 g/mol. The fraction of sp³-hybridized carbons (Fsp3) is 0.350. The third kappa shape index (κ3) is 3.24. The van der Waals surface area contributed by atoms with E-state index < -0.39 is 5.97 Å². The quantitative estimate of drug-likeness (QED) is 0.689. The van der Waals surface area contributed by atoms with E-state index >= 15 is 0 Å². The number of benzene rings is 1. The van der Waals surface area contributed by atoms with Crippen LogP contribution in [0.3, 0.4) is 0 Å². The lowest BCUT2D eigenvalue weighted by Crippen LogP contribution is -2.41. The molecule has 1 aliphatic heterocycles. The summed E-state index contributed by atoms with van der Waals surface area (Å²) in [5.74, 6) is -0.928. The van der Waals surface area contributed by atoms with Gasteiger partial charge in [0.2, 0.25) is 0 Å². The summed E-state index contributed by atoms with van der Waals surface area (Å²) in [6.45, 7) is 3.71. The van der Waals surface area contributed by atoms with Crippen LogP contribution in [0.15, 0.2) is 41.8 Å². The van der Waals surface area contributed by atoms with Crippen LogP contribution in [0.5, 0.6) is 0 Å². The first-order chi connectivity index (χ1) is 12.1. The molecule has 0 amide bonds. The molecular weight excluding hydrogens is 350 g/mol. The minimum atomic E-state index is -0.666. The number of aliphatic carboxylic acids is 1. The number of carbonyl (C=O) groups is 1. The van der Waals surface area contributed by atoms with Crippen molar-refractivity contribution in [2.75, 3.05) is 13.1 Å². The van der Waals surface area contributed by atoms with E-state index in [0.29, 0.717) is 6.54 Å². The molecule has 3 aromatic rings. The van der Waals surface area contributed by atoms with Crippen LogP contribution in [-0.2, 0) is 4.79 Å². The predicted molar refractivity (Wildman–Crippen MR) is 105 cm³/mol. The topological polar surface area (TPSA) is 40.5 Å². The molecule has 25 heavy (non-hydrogen) atoms. The number of piperidine rings is 1. The highest BCUT2D eigenvalue weighted by atomic mass is 32.1. The Labute approximate surface area is 155 Å². The molecule has 130 valence electrons. The number of hydrogen-bond donors (Lipinski definition) is 1. The van der Waals surface area contributed by atoms with Gasteiger partial charge in [-0.3, -0.25) is 9.69 Å². The molecule has 1 N–H and O–H groups in total. The van der Waals surface area contributed by atoms with Gasteiger partial charge in [-0.05, 0) is 60.8 Å². The van der Waals surface area contributed by atoms with Crippen LogP contribution in [0, 0.1) is 12.8 Å². The van der Waals surface area contributed by atoms with Crippen LogP contribution in [0.1, 0.15) is 34.2 Å². The molecule has 5 heteroatoms. The third-order valence-corrected chi connectivity index (χ3v) is 7.04. The second kappa shape index (κ2) is 6.90. The van der Waals surface area contributed by atoms with Gasteiger partial charge < -0.3 is 5.11 Å². The first kappa shape index (κ1) is 16.8. The highest BCUT2D eigenvalue weighted by Gasteiger charge is 2.32. The summed E-state index contributed by atoms with van der Waals surface area (Å²) >= 11 is 3.60. The molecule has 1 aliphatic rings. The van der Waals surface area contributed by atoms with Gasteiger partial charge >= 0.3 is 5.97 Å². The molecule has 0 spiro atoms. The Morgan fingerprint density at radius 2 is 2.12 bits per heavy atom. The number of fused-ring (bicyclic) bond motifs is 1. The maximum Gasteiger partial charge on any atom is 0.307 e. The smallest absolute Gasteiger partial charge is 0.307 e. The number of aryl methyl sites for hydroxylation is 1. The summed E-state index contributed by atoms with van der Waals surface area (Å²) in [5, 5.41) is 13.0. The largest absolute Gasteiger partial charge is 0.481 e. The molecule has 1 fully saturated rings. The van der Waals surface area contributed by atoms with Gasteiger partial charge in [0.25, 0.3) is 0 Å². The van der Waals surface area contributed by atoms with E-state index in [0.717, 1.165) is 19.4 Å². The van der Waals surface area contributed by atoms with E-state index in [1.807, 2.05) is 11.3 Å². The normalized spacial score (nSPS) is 20.0. The molecule has 1 aromatic carbocycles. The molecule has 3 heterocycles. The van der Waals surface area contributed by atoms with Gasteiger partial charge in [0, 0.05) is 21.0 Å². The first-order valence-electron chi connectivity index (χ1n) is 8.63. The summed E-state index contributed by atoms with van der Waals surface area (Å²) in [4.78, 5) is 16.5. The zero-order chi connectivity index (χ0) is 17.4. The maximum absolute atomic E-state index is 11.5. The molecule has 0 aliphatic carbocycles. The average molecular weight is 372 g/mol. The van der Waals surface area contributed by atoms with Crippen LogP contribution < -0.4 is 0 Å². The molecule has 3 nitrogen and oxygen atoms in total. The van der Waals surface area contributed by atoms with Crippen molar-refractivity contribution in [1.82, 2.24) is 4.90 Å². The van der Waals surface area contributed by atoms with E-state index in [1.54, 1.807) is 11.3 Å². The number of carboxylic acids is 1. The SMILES string of the molecule is Cc1ccc(C(c2csc3ccccc23)N2CCCC(C(=O)O)C2)s1. The van der Waals surface area contributed by atoms with E-state index in [9.17, 15) is 9.90 Å². The summed E-state index contributed by atoms with van der Waals surface area (Å²) in [7, 11) is 0. The van der Waals surface area contributed by atoms with Gasteiger partial charge in [-0.2, -0.15) is 0 Å². The van der Waals surface area contributed by atoms with E-state index in [2.05, 4.69) is 53.6 Å². The Morgan fingerprint density at radius 3 is 2.88 bits per heavy atom. The lowest BCUT2D eigenvalue weighted by atomic mass is 9.94. The highest BCUT2D eigenvalue weighted by Crippen LogP contribution is 2.41. The Balaban J connectivity index is 1.78. The summed E-state index contributed by atoms with van der Waals surface area (Å²) < 4.78 is 1.29. The third-order valence-electron chi connectivity index (χ3n) is 5.00. The fourth-order valence-electron chi connectivity index (χ4n) is 3.78. The van der Waals surface area contributed by atoms with E-state index in [4.69, 9.17) is 0 Å². The van der Waals surface area contributed by atoms with Crippen molar-refractivity contribution in [2.24, 2.45) is 5.92 Å². The first-order valence-corrected chi connectivity index (χ1v) is 10.3. The molecule has 2 unspecified atom stereocenters. The minimum absolute atomic E-state index is 0.150. The van der Waals surface area contributed by atoms with Crippen molar-refractivity contribution in [3.8, 4) is 0 Å². The van der Waals surface area contributed by atoms with Crippen molar-refractivity contribution in [1.29, 1.82) is 0 Å². The number of rotatable bonds is 4. The van der Waals surface area contributed by atoms with E-state index in [-0.39, 0.29) is 12.0 Å². The molecule has 1 saturated heterocycles. The average Bonchev–Trinajstić information content (AvgIpc) is 3.23. The van der Waals surface area contributed by atoms with Crippen molar-refractivity contribution in [3.63, 3.8) is 0 Å². The molecule has 0 radical (unpaired) electrons. The second-order valence-corrected chi connectivity index (χ2v) is 8.94. The van der Waals surface area contributed by atoms with Crippen molar-refractivity contribution in [3.05, 3.63) is 57.1 Å². The van der Waals surface area contributed by atoms with Crippen molar-refractivity contribution >= 4 is 38.7 Å². The van der Waals surface area contributed by atoms with Crippen molar-refractivity contribution in [2.45, 2.75) is 25.8 Å². The van der Waals surface area contributed by atoms with Crippen LogP contribution in [0.2, 0.25) is 0 Å². The second-order valence-electron chi connectivity index (χ2n) is 6.71. The standard InChI is InChI=1S/C20H21NO2S2/c1-13-8-9-18(25-13)19(21-10-4-5-14(11-21)20(22)23)16-12-24-17-7-3-2-6-15(16)17/h2-3,6-9,12,14,19H,4-5,10-11H2,1H3,(H,22,23). The lowest BCUT2D eigenvalue weighted by Gasteiger charge is -2.36. The van der Waals surface area contributed by atoms with Gasteiger partial charge in [0.05, 0.1) is 12.0 Å². The van der Waals surface area contributed by atoms with Crippen LogP contribution >= 0.6 is 22.7 Å². The lowest BCUT2D eigenvalue weighted by molar-refractivity contribution is -0.143. The Bertz CT molecular complexity index is 898. The maximum atomic E-state index is 11.5. The number of carboxylic acid groups (broad SMARTS) is 1. The summed E-state index contributed by atoms with van der Waals surface area (Å²) in [6, 6.07) is 13.0. The molecule has 0 bridgehead atoms. The predicted octanol–water partition coefficient (Wildman–Crippen LogP) is 5.16. The molecule has 0 saturated carbocycles. The number of hydrogen-bond acceptors (Lipinski definition) is 4.